The molecule has 3 aromatic carbocycles. The maximum absolute atomic E-state index is 13.0. The standard InChI is InChI=1S/C26H22N2O6/c1-16-3-5-17(6-4-16)15-34-22-12-7-18(14-23(22)33-2)13-21-24(30)27-26(32)28(25(21)31)19-8-10-20(29)11-9-19/h3-14,29H,15H2,1-2H3,(H,27,30,32)/b21-13+. The van der Waals surface area contributed by atoms with Gasteiger partial charge in [-0.05, 0) is 60.5 Å². The Morgan fingerprint density at radius 1 is 0.941 bits per heavy atom. The lowest BCUT2D eigenvalue weighted by Gasteiger charge is -2.26. The van der Waals surface area contributed by atoms with E-state index < -0.39 is 17.8 Å². The van der Waals surface area contributed by atoms with Crippen molar-refractivity contribution in [2.45, 2.75) is 13.5 Å². The number of ether oxygens (including phenoxy) is 2. The number of amides is 4. The maximum atomic E-state index is 13.0. The van der Waals surface area contributed by atoms with Gasteiger partial charge in [-0.1, -0.05) is 35.9 Å². The molecule has 1 heterocycles. The first-order chi connectivity index (χ1) is 16.4. The van der Waals surface area contributed by atoms with Crippen molar-refractivity contribution in [3.63, 3.8) is 0 Å². The van der Waals surface area contributed by atoms with Gasteiger partial charge in [-0.2, -0.15) is 0 Å². The van der Waals surface area contributed by atoms with E-state index in [1.807, 2.05) is 31.2 Å². The summed E-state index contributed by atoms with van der Waals surface area (Å²) in [7, 11) is 1.49. The minimum Gasteiger partial charge on any atom is -0.508 e. The Labute approximate surface area is 196 Å². The number of urea groups is 1. The van der Waals surface area contributed by atoms with Gasteiger partial charge in [0.25, 0.3) is 11.8 Å². The molecule has 0 atom stereocenters. The van der Waals surface area contributed by atoms with E-state index in [0.29, 0.717) is 23.7 Å². The number of aryl methyl sites for hydroxylation is 1. The van der Waals surface area contributed by atoms with E-state index in [9.17, 15) is 19.5 Å². The fourth-order valence-corrected chi connectivity index (χ4v) is 3.40. The number of methoxy groups -OCH3 is 1. The maximum Gasteiger partial charge on any atom is 0.335 e. The first-order valence-electron chi connectivity index (χ1n) is 10.4. The third-order valence-electron chi connectivity index (χ3n) is 5.22. The fraction of sp³-hybridized carbons (Fsp3) is 0.115. The van der Waals surface area contributed by atoms with E-state index in [1.165, 1.54) is 37.5 Å². The zero-order chi connectivity index (χ0) is 24.2. The number of barbiturate groups is 1. The molecule has 0 aromatic heterocycles. The predicted octanol–water partition coefficient (Wildman–Crippen LogP) is 3.95. The Balaban J connectivity index is 1.58. The number of nitrogens with zero attached hydrogens (tertiary/aromatic N) is 1. The zero-order valence-electron chi connectivity index (χ0n) is 18.6. The number of anilines is 1. The van der Waals surface area contributed by atoms with Gasteiger partial charge in [0.05, 0.1) is 12.8 Å². The summed E-state index contributed by atoms with van der Waals surface area (Å²) in [5.41, 5.74) is 2.67. The number of carbonyl (C=O) groups is 3. The molecule has 1 aliphatic rings. The second-order valence-electron chi connectivity index (χ2n) is 7.66. The highest BCUT2D eigenvalue weighted by Gasteiger charge is 2.36. The van der Waals surface area contributed by atoms with E-state index in [1.54, 1.807) is 18.2 Å². The van der Waals surface area contributed by atoms with Crippen LogP contribution in [0.4, 0.5) is 10.5 Å². The smallest absolute Gasteiger partial charge is 0.335 e. The summed E-state index contributed by atoms with van der Waals surface area (Å²) in [6, 6.07) is 17.6. The molecule has 3 aromatic rings. The van der Waals surface area contributed by atoms with Crippen LogP contribution >= 0.6 is 0 Å². The second kappa shape index (κ2) is 9.50. The molecule has 0 saturated carbocycles. The number of imide groups is 2. The summed E-state index contributed by atoms with van der Waals surface area (Å²) >= 11 is 0. The molecule has 0 unspecified atom stereocenters. The number of hydrogen-bond acceptors (Lipinski definition) is 6. The molecule has 0 bridgehead atoms. The van der Waals surface area contributed by atoms with Gasteiger partial charge in [0.2, 0.25) is 0 Å². The Bertz CT molecular complexity index is 1280. The van der Waals surface area contributed by atoms with E-state index in [0.717, 1.165) is 16.0 Å². The number of benzene rings is 3. The average molecular weight is 458 g/mol. The molecule has 2 N–H and O–H groups in total. The highest BCUT2D eigenvalue weighted by molar-refractivity contribution is 6.39. The van der Waals surface area contributed by atoms with Crippen LogP contribution in [-0.2, 0) is 16.2 Å². The van der Waals surface area contributed by atoms with Crippen LogP contribution in [0.2, 0.25) is 0 Å². The van der Waals surface area contributed by atoms with Gasteiger partial charge in [0, 0.05) is 0 Å². The van der Waals surface area contributed by atoms with Gasteiger partial charge in [0.15, 0.2) is 11.5 Å². The van der Waals surface area contributed by atoms with Crippen molar-refractivity contribution in [1.82, 2.24) is 5.32 Å². The predicted molar refractivity (Wildman–Crippen MR) is 126 cm³/mol. The second-order valence-corrected chi connectivity index (χ2v) is 7.66. The van der Waals surface area contributed by atoms with E-state index >= 15 is 0 Å². The lowest BCUT2D eigenvalue weighted by Crippen LogP contribution is -2.54. The number of hydrogen-bond donors (Lipinski definition) is 2. The molecule has 8 heteroatoms. The number of rotatable bonds is 6. The summed E-state index contributed by atoms with van der Waals surface area (Å²) < 4.78 is 11.3. The molecule has 4 rings (SSSR count). The Hall–Kier alpha value is -4.59. The summed E-state index contributed by atoms with van der Waals surface area (Å²) in [5.74, 6) is -0.666. The van der Waals surface area contributed by atoms with Gasteiger partial charge in [-0.15, -0.1) is 0 Å². The van der Waals surface area contributed by atoms with Crippen LogP contribution < -0.4 is 19.7 Å². The van der Waals surface area contributed by atoms with Crippen LogP contribution in [0.5, 0.6) is 17.2 Å². The average Bonchev–Trinajstić information content (AvgIpc) is 2.83. The summed E-state index contributed by atoms with van der Waals surface area (Å²) in [4.78, 5) is 38.5. The molecule has 34 heavy (non-hydrogen) atoms. The molecule has 0 spiro atoms. The highest BCUT2D eigenvalue weighted by Crippen LogP contribution is 2.30. The van der Waals surface area contributed by atoms with Crippen LogP contribution in [0.15, 0.2) is 72.3 Å². The summed E-state index contributed by atoms with van der Waals surface area (Å²) in [6.07, 6.45) is 1.38. The van der Waals surface area contributed by atoms with Gasteiger partial charge in [-0.3, -0.25) is 14.9 Å². The zero-order valence-corrected chi connectivity index (χ0v) is 18.6. The van der Waals surface area contributed by atoms with E-state index in [4.69, 9.17) is 9.47 Å². The SMILES string of the molecule is COc1cc(/C=C2\C(=O)NC(=O)N(c3ccc(O)cc3)C2=O)ccc1OCc1ccc(C)cc1. The number of carbonyl (C=O) groups excluding carboxylic acids is 3. The van der Waals surface area contributed by atoms with Crippen LogP contribution in [-0.4, -0.2) is 30.1 Å². The quantitative estimate of drug-likeness (QED) is 0.428. The monoisotopic (exact) mass is 458 g/mol. The van der Waals surface area contributed by atoms with Gasteiger partial charge in [0.1, 0.15) is 17.9 Å². The van der Waals surface area contributed by atoms with Crippen molar-refractivity contribution in [3.05, 3.63) is 89.0 Å². The van der Waals surface area contributed by atoms with Crippen molar-refractivity contribution in [2.24, 2.45) is 0 Å². The third-order valence-corrected chi connectivity index (χ3v) is 5.22. The van der Waals surface area contributed by atoms with Gasteiger partial charge >= 0.3 is 6.03 Å². The number of phenols is 1. The van der Waals surface area contributed by atoms with Crippen molar-refractivity contribution in [2.75, 3.05) is 12.0 Å². The minimum absolute atomic E-state index is 0.0164. The summed E-state index contributed by atoms with van der Waals surface area (Å²) in [6.45, 7) is 2.36. The molecular formula is C26H22N2O6. The van der Waals surface area contributed by atoms with Crippen LogP contribution in [0.25, 0.3) is 6.08 Å². The Morgan fingerprint density at radius 2 is 1.65 bits per heavy atom. The van der Waals surface area contributed by atoms with Crippen LogP contribution in [0.1, 0.15) is 16.7 Å². The molecule has 0 aliphatic carbocycles. The number of phenolic OH excluding ortho intramolecular Hbond substituents is 1. The molecule has 4 amide bonds. The lowest BCUT2D eigenvalue weighted by molar-refractivity contribution is -0.122. The first-order valence-corrected chi connectivity index (χ1v) is 10.4. The molecule has 8 nitrogen and oxygen atoms in total. The van der Waals surface area contributed by atoms with Gasteiger partial charge in [-0.25, -0.2) is 9.69 Å². The number of aromatic hydroxyl groups is 1. The Morgan fingerprint density at radius 3 is 2.32 bits per heavy atom. The first kappa shape index (κ1) is 22.6. The molecule has 172 valence electrons. The molecule has 1 aliphatic heterocycles. The number of nitrogens with one attached hydrogen (secondary N) is 1. The largest absolute Gasteiger partial charge is 0.508 e. The molecule has 0 radical (unpaired) electrons. The van der Waals surface area contributed by atoms with Crippen molar-refractivity contribution in [1.29, 1.82) is 0 Å². The van der Waals surface area contributed by atoms with Gasteiger partial charge < -0.3 is 14.6 Å². The van der Waals surface area contributed by atoms with Crippen LogP contribution in [0.3, 0.4) is 0 Å². The van der Waals surface area contributed by atoms with E-state index in [-0.39, 0.29) is 17.0 Å². The lowest BCUT2D eigenvalue weighted by atomic mass is 10.1. The summed E-state index contributed by atoms with van der Waals surface area (Å²) in [5, 5.41) is 11.6. The third kappa shape index (κ3) is 4.75. The topological polar surface area (TPSA) is 105 Å². The molecule has 1 saturated heterocycles. The highest BCUT2D eigenvalue weighted by atomic mass is 16.5. The van der Waals surface area contributed by atoms with Crippen LogP contribution in [0, 0.1) is 6.92 Å². The Kier molecular flexibility index (Phi) is 6.31. The van der Waals surface area contributed by atoms with E-state index in [2.05, 4.69) is 5.32 Å². The van der Waals surface area contributed by atoms with Crippen molar-refractivity contribution in [3.8, 4) is 17.2 Å². The van der Waals surface area contributed by atoms with Crippen molar-refractivity contribution < 1.29 is 29.0 Å². The van der Waals surface area contributed by atoms with Crippen molar-refractivity contribution >= 4 is 29.6 Å². The molecule has 1 fully saturated rings. The normalized spacial score (nSPS) is 14.8. The fourth-order valence-electron chi connectivity index (χ4n) is 3.40. The minimum atomic E-state index is -0.865. The molecular weight excluding hydrogens is 436 g/mol.